The topological polar surface area (TPSA) is 118 Å². The number of carbonyl (C=O) groups excluding carboxylic acids is 2. The van der Waals surface area contributed by atoms with E-state index < -0.39 is 31.2 Å². The highest BCUT2D eigenvalue weighted by molar-refractivity contribution is 5.95. The highest BCUT2D eigenvalue weighted by Crippen LogP contribution is 2.25. The van der Waals surface area contributed by atoms with Gasteiger partial charge in [0, 0.05) is 18.7 Å². The minimum atomic E-state index is -4.55. The Morgan fingerprint density at radius 3 is 2.53 bits per heavy atom. The van der Waals surface area contributed by atoms with Crippen LogP contribution in [0.3, 0.4) is 0 Å². The number of unbranched alkanes of at least 4 members (excludes halogenated alkanes) is 3. The number of amides is 2. The molecule has 9 nitrogen and oxygen atoms in total. The fraction of sp³-hybridized carbons (Fsp3) is 0.524. The average Bonchev–Trinajstić information content (AvgIpc) is 3.29. The number of alkyl halides is 4. The molecule has 188 valence electrons. The maximum atomic E-state index is 12.4. The van der Waals surface area contributed by atoms with Gasteiger partial charge in [-0.05, 0) is 43.9 Å². The molecule has 0 saturated heterocycles. The third-order valence-electron chi connectivity index (χ3n) is 4.55. The fourth-order valence-corrected chi connectivity index (χ4v) is 2.83. The van der Waals surface area contributed by atoms with Crippen LogP contribution in [0.5, 0.6) is 5.75 Å². The first kappa shape index (κ1) is 27.0. The molecule has 1 heterocycles. The number of aliphatic hydroxyl groups is 1. The highest BCUT2D eigenvalue weighted by atomic mass is 19.4. The van der Waals surface area contributed by atoms with Crippen LogP contribution in [0.15, 0.2) is 24.4 Å². The van der Waals surface area contributed by atoms with Crippen molar-refractivity contribution in [2.75, 3.05) is 33.0 Å². The van der Waals surface area contributed by atoms with E-state index in [1.54, 1.807) is 5.32 Å². The SMILES string of the molecule is O=C(NCC(F)(F)F)c1ccc(-n2cc(C(=O)NCCCO)nn2)c(OCCCCCCF)c1. The van der Waals surface area contributed by atoms with E-state index in [2.05, 4.69) is 15.6 Å². The van der Waals surface area contributed by atoms with Crippen molar-refractivity contribution in [2.45, 2.75) is 38.3 Å². The molecule has 0 unspecified atom stereocenters. The molecule has 0 fully saturated rings. The molecular weight excluding hydrogens is 462 g/mol. The van der Waals surface area contributed by atoms with Crippen LogP contribution in [0.2, 0.25) is 0 Å². The first-order valence-corrected chi connectivity index (χ1v) is 10.7. The number of nitrogens with one attached hydrogen (secondary N) is 2. The molecule has 0 atom stereocenters. The summed E-state index contributed by atoms with van der Waals surface area (Å²) < 4.78 is 56.5. The van der Waals surface area contributed by atoms with E-state index in [9.17, 15) is 27.2 Å². The van der Waals surface area contributed by atoms with E-state index >= 15 is 0 Å². The Labute approximate surface area is 193 Å². The third-order valence-corrected chi connectivity index (χ3v) is 4.55. The summed E-state index contributed by atoms with van der Waals surface area (Å²) >= 11 is 0. The molecule has 0 aliphatic heterocycles. The quantitative estimate of drug-likeness (QED) is 0.277. The number of rotatable bonds is 14. The predicted molar refractivity (Wildman–Crippen MR) is 114 cm³/mol. The maximum absolute atomic E-state index is 12.4. The van der Waals surface area contributed by atoms with Gasteiger partial charge < -0.3 is 20.5 Å². The molecule has 0 radical (unpaired) electrons. The van der Waals surface area contributed by atoms with Crippen LogP contribution in [0, 0.1) is 0 Å². The van der Waals surface area contributed by atoms with Crippen LogP contribution in [-0.4, -0.2) is 71.1 Å². The van der Waals surface area contributed by atoms with Gasteiger partial charge in [-0.25, -0.2) is 4.68 Å². The first-order chi connectivity index (χ1) is 16.2. The number of aromatic nitrogens is 3. The molecule has 0 spiro atoms. The van der Waals surface area contributed by atoms with Gasteiger partial charge in [0.1, 0.15) is 18.0 Å². The Bertz CT molecular complexity index is 936. The monoisotopic (exact) mass is 489 g/mol. The second kappa shape index (κ2) is 13.5. The zero-order valence-electron chi connectivity index (χ0n) is 18.4. The molecule has 0 aliphatic rings. The summed E-state index contributed by atoms with van der Waals surface area (Å²) in [7, 11) is 0. The van der Waals surface area contributed by atoms with Gasteiger partial charge in [0.25, 0.3) is 11.8 Å². The molecule has 1 aromatic carbocycles. The molecule has 1 aromatic heterocycles. The lowest BCUT2D eigenvalue weighted by molar-refractivity contribution is -0.123. The van der Waals surface area contributed by atoms with Crippen molar-refractivity contribution in [3.63, 3.8) is 0 Å². The van der Waals surface area contributed by atoms with Crippen LogP contribution in [0.1, 0.15) is 53.0 Å². The van der Waals surface area contributed by atoms with Crippen molar-refractivity contribution in [2.24, 2.45) is 0 Å². The maximum Gasteiger partial charge on any atom is 0.405 e. The van der Waals surface area contributed by atoms with Gasteiger partial charge in [-0.15, -0.1) is 5.10 Å². The first-order valence-electron chi connectivity index (χ1n) is 10.7. The summed E-state index contributed by atoms with van der Waals surface area (Å²) in [5.74, 6) is -1.28. The van der Waals surface area contributed by atoms with Gasteiger partial charge in [0.05, 0.1) is 19.5 Å². The standard InChI is InChI=1S/C21H27F4N5O4/c22-8-3-1-2-4-11-34-18-12-15(19(32)27-14-21(23,24)25)6-7-17(18)30-13-16(28-29-30)20(33)26-9-5-10-31/h6-7,12-13,31H,1-5,8-11,14H2,(H,26,33)(H,27,32). The number of hydrogen-bond donors (Lipinski definition) is 3. The van der Waals surface area contributed by atoms with E-state index in [4.69, 9.17) is 9.84 Å². The van der Waals surface area contributed by atoms with E-state index in [1.807, 2.05) is 0 Å². The lowest BCUT2D eigenvalue weighted by atomic mass is 10.1. The second-order valence-corrected chi connectivity index (χ2v) is 7.31. The Kier molecular flexibility index (Phi) is 10.7. The number of carbonyl (C=O) groups is 2. The smallest absolute Gasteiger partial charge is 0.405 e. The summed E-state index contributed by atoms with van der Waals surface area (Å²) in [6, 6.07) is 4.01. The Morgan fingerprint density at radius 1 is 1.06 bits per heavy atom. The highest BCUT2D eigenvalue weighted by Gasteiger charge is 2.28. The fourth-order valence-electron chi connectivity index (χ4n) is 2.83. The van der Waals surface area contributed by atoms with Crippen molar-refractivity contribution in [1.29, 1.82) is 0 Å². The molecule has 0 aliphatic carbocycles. The molecule has 13 heteroatoms. The summed E-state index contributed by atoms with van der Waals surface area (Å²) in [5.41, 5.74) is 0.266. The summed E-state index contributed by atoms with van der Waals surface area (Å²) in [6.45, 7) is -1.49. The normalized spacial score (nSPS) is 11.3. The number of aliphatic hydroxyl groups excluding tert-OH is 1. The molecule has 2 aromatic rings. The molecule has 2 rings (SSSR count). The molecule has 34 heavy (non-hydrogen) atoms. The van der Waals surface area contributed by atoms with Crippen molar-refractivity contribution in [3.05, 3.63) is 35.7 Å². The molecule has 0 saturated carbocycles. The molecule has 3 N–H and O–H groups in total. The Hall–Kier alpha value is -3.22. The van der Waals surface area contributed by atoms with Crippen molar-refractivity contribution >= 4 is 11.8 Å². The van der Waals surface area contributed by atoms with Crippen LogP contribution >= 0.6 is 0 Å². The van der Waals surface area contributed by atoms with Crippen molar-refractivity contribution < 1.29 is 37.0 Å². The molecule has 0 bridgehead atoms. The molecular formula is C21H27F4N5O4. The van der Waals surface area contributed by atoms with Gasteiger partial charge >= 0.3 is 6.18 Å². The van der Waals surface area contributed by atoms with Crippen molar-refractivity contribution in [1.82, 2.24) is 25.6 Å². The lowest BCUT2D eigenvalue weighted by Crippen LogP contribution is -2.33. The van der Waals surface area contributed by atoms with Gasteiger partial charge in [-0.3, -0.25) is 14.0 Å². The third kappa shape index (κ3) is 8.96. The van der Waals surface area contributed by atoms with Crippen LogP contribution < -0.4 is 15.4 Å². The Morgan fingerprint density at radius 2 is 1.82 bits per heavy atom. The van der Waals surface area contributed by atoms with E-state index in [-0.39, 0.29) is 36.8 Å². The average molecular weight is 489 g/mol. The molecule has 2 amide bonds. The Balaban J connectivity index is 2.19. The number of benzene rings is 1. The zero-order valence-corrected chi connectivity index (χ0v) is 18.4. The summed E-state index contributed by atoms with van der Waals surface area (Å²) in [5, 5.41) is 20.9. The van der Waals surface area contributed by atoms with Gasteiger partial charge in [-0.1, -0.05) is 11.6 Å². The van der Waals surface area contributed by atoms with Crippen molar-refractivity contribution in [3.8, 4) is 11.4 Å². The minimum Gasteiger partial charge on any atom is -0.491 e. The van der Waals surface area contributed by atoms with Gasteiger partial charge in [0.15, 0.2) is 5.69 Å². The lowest BCUT2D eigenvalue weighted by Gasteiger charge is -2.14. The van der Waals surface area contributed by atoms with Crippen LogP contribution in [0.25, 0.3) is 5.69 Å². The van der Waals surface area contributed by atoms with Crippen LogP contribution in [0.4, 0.5) is 17.6 Å². The number of nitrogens with zero attached hydrogens (tertiary/aromatic N) is 3. The van der Waals surface area contributed by atoms with E-state index in [0.717, 1.165) is 0 Å². The van der Waals surface area contributed by atoms with E-state index in [1.165, 1.54) is 29.1 Å². The number of halogens is 4. The number of hydrogen-bond acceptors (Lipinski definition) is 6. The van der Waals surface area contributed by atoms with Crippen LogP contribution in [-0.2, 0) is 0 Å². The predicted octanol–water partition coefficient (Wildman–Crippen LogP) is 2.58. The van der Waals surface area contributed by atoms with E-state index in [0.29, 0.717) is 37.8 Å². The number of ether oxygens (including phenoxy) is 1. The second-order valence-electron chi connectivity index (χ2n) is 7.31. The summed E-state index contributed by atoms with van der Waals surface area (Å²) in [6.07, 6.45) is -0.398. The zero-order chi connectivity index (χ0) is 25.0. The minimum absolute atomic E-state index is 0.00195. The summed E-state index contributed by atoms with van der Waals surface area (Å²) in [4.78, 5) is 24.3. The van der Waals surface area contributed by atoms with Gasteiger partial charge in [0.2, 0.25) is 0 Å². The largest absolute Gasteiger partial charge is 0.491 e. The van der Waals surface area contributed by atoms with Gasteiger partial charge in [-0.2, -0.15) is 13.2 Å².